The van der Waals surface area contributed by atoms with Gasteiger partial charge in [0.15, 0.2) is 6.61 Å². The van der Waals surface area contributed by atoms with Crippen LogP contribution in [-0.4, -0.2) is 17.7 Å². The van der Waals surface area contributed by atoms with Crippen molar-refractivity contribution in [2.45, 2.75) is 37.1 Å². The highest BCUT2D eigenvalue weighted by Gasteiger charge is 2.30. The summed E-state index contributed by atoms with van der Waals surface area (Å²) in [5, 5.41) is 8.77. The number of halogens is 3. The van der Waals surface area contributed by atoms with Crippen molar-refractivity contribution in [3.63, 3.8) is 0 Å². The number of carbonyl (C=O) groups is 1. The monoisotopic (exact) mass is 450 g/mol. The lowest BCUT2D eigenvalue weighted by Crippen LogP contribution is -2.10. The van der Waals surface area contributed by atoms with Gasteiger partial charge in [0.25, 0.3) is 0 Å². The minimum atomic E-state index is -4.37. The van der Waals surface area contributed by atoms with Gasteiger partial charge in [0.05, 0.1) is 5.56 Å². The second-order valence-corrected chi connectivity index (χ2v) is 7.91. The normalized spacial score (nSPS) is 11.5. The van der Waals surface area contributed by atoms with Crippen LogP contribution in [0, 0.1) is 6.92 Å². The highest BCUT2D eigenvalue weighted by molar-refractivity contribution is 7.98. The highest BCUT2D eigenvalue weighted by atomic mass is 32.2. The second kappa shape index (κ2) is 9.51. The SMILES string of the molecule is CCc1cc(SCc2cc(-c3ccc(C(F)(F)F)cc3)oc2C)ccc1OCC(=O)O. The number of aliphatic carboxylic acids is 1. The quantitative estimate of drug-likeness (QED) is 0.392. The van der Waals surface area contributed by atoms with Crippen molar-refractivity contribution in [2.24, 2.45) is 0 Å². The summed E-state index contributed by atoms with van der Waals surface area (Å²) in [6.07, 6.45) is -3.67. The van der Waals surface area contributed by atoms with Crippen molar-refractivity contribution in [3.05, 3.63) is 71.0 Å². The maximum atomic E-state index is 12.7. The summed E-state index contributed by atoms with van der Waals surface area (Å²) in [7, 11) is 0. The van der Waals surface area contributed by atoms with Gasteiger partial charge in [-0.05, 0) is 55.3 Å². The third-order valence-corrected chi connectivity index (χ3v) is 5.72. The van der Waals surface area contributed by atoms with Gasteiger partial charge in [-0.2, -0.15) is 13.2 Å². The minimum absolute atomic E-state index is 0.388. The Morgan fingerprint density at radius 3 is 2.42 bits per heavy atom. The molecule has 8 heteroatoms. The lowest BCUT2D eigenvalue weighted by molar-refractivity contribution is -0.139. The van der Waals surface area contributed by atoms with E-state index in [0.717, 1.165) is 28.2 Å². The zero-order valence-electron chi connectivity index (χ0n) is 17.0. The molecule has 0 radical (unpaired) electrons. The number of benzene rings is 2. The molecule has 3 aromatic rings. The highest BCUT2D eigenvalue weighted by Crippen LogP contribution is 2.34. The maximum Gasteiger partial charge on any atom is 0.416 e. The number of carboxylic acid groups (broad SMARTS) is 1. The van der Waals surface area contributed by atoms with Crippen molar-refractivity contribution in [1.29, 1.82) is 0 Å². The summed E-state index contributed by atoms with van der Waals surface area (Å²) < 4.78 is 49.3. The predicted octanol–water partition coefficient (Wildman–Crippen LogP) is 6.59. The topological polar surface area (TPSA) is 59.7 Å². The Hall–Kier alpha value is -2.87. The molecule has 0 amide bonds. The van der Waals surface area contributed by atoms with Gasteiger partial charge < -0.3 is 14.3 Å². The van der Waals surface area contributed by atoms with Gasteiger partial charge in [-0.1, -0.05) is 19.1 Å². The third kappa shape index (κ3) is 5.85. The van der Waals surface area contributed by atoms with Crippen molar-refractivity contribution in [3.8, 4) is 17.1 Å². The summed E-state index contributed by atoms with van der Waals surface area (Å²) in [4.78, 5) is 11.7. The maximum absolute atomic E-state index is 12.7. The molecule has 0 bridgehead atoms. The molecule has 0 spiro atoms. The predicted molar refractivity (Wildman–Crippen MR) is 112 cm³/mol. The Kier molecular flexibility index (Phi) is 7.00. The molecular formula is C23H21F3O4S. The average molecular weight is 450 g/mol. The first-order chi connectivity index (χ1) is 14.7. The van der Waals surface area contributed by atoms with E-state index in [0.29, 0.717) is 35.0 Å². The summed E-state index contributed by atoms with van der Waals surface area (Å²) in [5.74, 6) is 1.38. The van der Waals surface area contributed by atoms with E-state index in [1.165, 1.54) is 12.1 Å². The molecule has 0 unspecified atom stereocenters. The molecular weight excluding hydrogens is 429 g/mol. The van der Waals surface area contributed by atoms with Crippen LogP contribution in [-0.2, 0) is 23.1 Å². The third-order valence-electron chi connectivity index (χ3n) is 4.68. The van der Waals surface area contributed by atoms with Crippen LogP contribution in [0.5, 0.6) is 5.75 Å². The van der Waals surface area contributed by atoms with Gasteiger partial charge in [0.1, 0.15) is 17.3 Å². The van der Waals surface area contributed by atoms with Gasteiger partial charge in [0, 0.05) is 21.8 Å². The van der Waals surface area contributed by atoms with Crippen LogP contribution in [0.15, 0.2) is 57.8 Å². The van der Waals surface area contributed by atoms with Gasteiger partial charge in [0.2, 0.25) is 0 Å². The van der Waals surface area contributed by atoms with Gasteiger partial charge in [-0.3, -0.25) is 0 Å². The molecule has 1 heterocycles. The Morgan fingerprint density at radius 2 is 1.81 bits per heavy atom. The number of hydrogen-bond donors (Lipinski definition) is 1. The second-order valence-electron chi connectivity index (χ2n) is 6.86. The first-order valence-corrected chi connectivity index (χ1v) is 10.5. The van der Waals surface area contributed by atoms with E-state index in [2.05, 4.69) is 0 Å². The zero-order chi connectivity index (χ0) is 22.6. The largest absolute Gasteiger partial charge is 0.482 e. The van der Waals surface area contributed by atoms with Crippen LogP contribution < -0.4 is 4.74 Å². The fraction of sp³-hybridized carbons (Fsp3) is 0.261. The van der Waals surface area contributed by atoms with Gasteiger partial charge in [-0.15, -0.1) is 11.8 Å². The fourth-order valence-electron chi connectivity index (χ4n) is 2.99. The Bertz CT molecular complexity index is 1060. The Balaban J connectivity index is 1.70. The van der Waals surface area contributed by atoms with E-state index < -0.39 is 17.7 Å². The Labute approximate surface area is 182 Å². The van der Waals surface area contributed by atoms with E-state index in [4.69, 9.17) is 14.3 Å². The molecule has 2 aromatic carbocycles. The van der Waals surface area contributed by atoms with Gasteiger partial charge >= 0.3 is 12.1 Å². The van der Waals surface area contributed by atoms with Crippen LogP contribution in [0.3, 0.4) is 0 Å². The van der Waals surface area contributed by atoms with Crippen molar-refractivity contribution in [1.82, 2.24) is 0 Å². The molecule has 0 atom stereocenters. The number of rotatable bonds is 8. The molecule has 1 N–H and O–H groups in total. The molecule has 31 heavy (non-hydrogen) atoms. The summed E-state index contributed by atoms with van der Waals surface area (Å²) in [6, 6.07) is 12.3. The number of furan rings is 1. The lowest BCUT2D eigenvalue weighted by atomic mass is 10.1. The number of alkyl halides is 3. The van der Waals surface area contributed by atoms with Crippen LogP contribution in [0.25, 0.3) is 11.3 Å². The number of thioether (sulfide) groups is 1. The molecule has 0 saturated carbocycles. The molecule has 0 fully saturated rings. The Morgan fingerprint density at radius 1 is 1.10 bits per heavy atom. The number of hydrogen-bond acceptors (Lipinski definition) is 4. The van der Waals surface area contributed by atoms with E-state index in [9.17, 15) is 18.0 Å². The molecule has 0 aliphatic rings. The van der Waals surface area contributed by atoms with Crippen molar-refractivity contribution >= 4 is 17.7 Å². The van der Waals surface area contributed by atoms with Crippen LogP contribution in [0.4, 0.5) is 13.2 Å². The summed E-state index contributed by atoms with van der Waals surface area (Å²) >= 11 is 1.58. The van der Waals surface area contributed by atoms with E-state index in [1.54, 1.807) is 17.8 Å². The molecule has 164 valence electrons. The number of carboxylic acids is 1. The van der Waals surface area contributed by atoms with Crippen molar-refractivity contribution < 1.29 is 32.2 Å². The summed E-state index contributed by atoms with van der Waals surface area (Å²) in [5.41, 5.74) is 1.75. The van der Waals surface area contributed by atoms with Gasteiger partial charge in [-0.25, -0.2) is 4.79 Å². The standard InChI is InChI=1S/C23H21F3O4S/c1-3-15-10-19(8-9-20(15)29-12-22(27)28)31-13-17-11-21(30-14(17)2)16-4-6-18(7-5-16)23(24,25)26/h4-11H,3,12-13H2,1-2H3,(H,27,28). The molecule has 4 nitrogen and oxygen atoms in total. The van der Waals surface area contributed by atoms with Crippen molar-refractivity contribution in [2.75, 3.05) is 6.61 Å². The average Bonchev–Trinajstić information content (AvgIpc) is 3.11. The van der Waals surface area contributed by atoms with Crippen LogP contribution >= 0.6 is 11.8 Å². The van der Waals surface area contributed by atoms with E-state index >= 15 is 0 Å². The number of ether oxygens (including phenoxy) is 1. The molecule has 1 aromatic heterocycles. The first-order valence-electron chi connectivity index (χ1n) is 9.54. The van der Waals surface area contributed by atoms with Crippen LogP contribution in [0.2, 0.25) is 0 Å². The molecule has 0 aliphatic heterocycles. The first kappa shape index (κ1) is 22.8. The summed E-state index contributed by atoms with van der Waals surface area (Å²) in [6.45, 7) is 3.40. The minimum Gasteiger partial charge on any atom is -0.482 e. The zero-order valence-corrected chi connectivity index (χ0v) is 17.8. The number of aryl methyl sites for hydroxylation is 2. The smallest absolute Gasteiger partial charge is 0.416 e. The van der Waals surface area contributed by atoms with Crippen LogP contribution in [0.1, 0.15) is 29.4 Å². The molecule has 0 aliphatic carbocycles. The fourth-order valence-corrected chi connectivity index (χ4v) is 3.99. The van der Waals surface area contributed by atoms with E-state index in [-0.39, 0.29) is 6.61 Å². The molecule has 0 saturated heterocycles. The lowest BCUT2D eigenvalue weighted by Gasteiger charge is -2.10. The van der Waals surface area contributed by atoms with E-state index in [1.807, 2.05) is 32.0 Å². The molecule has 3 rings (SSSR count).